The zero-order chi connectivity index (χ0) is 31.5. The zero-order valence-electron chi connectivity index (χ0n) is 25.9. The number of hydrogen-bond acceptors (Lipinski definition) is 5. The lowest BCUT2D eigenvalue weighted by atomic mass is 9.75. The van der Waals surface area contributed by atoms with Gasteiger partial charge < -0.3 is 9.15 Å². The summed E-state index contributed by atoms with van der Waals surface area (Å²) in [6.07, 6.45) is 0. The van der Waals surface area contributed by atoms with E-state index in [0.717, 1.165) is 72.4 Å². The van der Waals surface area contributed by atoms with Crippen molar-refractivity contribution in [3.8, 4) is 56.8 Å². The second kappa shape index (κ2) is 10.5. The fraction of sp³-hybridized carbons (Fsp3) is 0.0714. The van der Waals surface area contributed by atoms with E-state index in [4.69, 9.17) is 24.1 Å². The largest absolute Gasteiger partial charge is 0.453 e. The van der Waals surface area contributed by atoms with Crippen LogP contribution in [0, 0.1) is 0 Å². The molecule has 0 N–H and O–H groups in total. The van der Waals surface area contributed by atoms with Crippen LogP contribution in [0.3, 0.4) is 0 Å². The van der Waals surface area contributed by atoms with Crippen molar-refractivity contribution in [2.24, 2.45) is 0 Å². The molecule has 5 nitrogen and oxygen atoms in total. The summed E-state index contributed by atoms with van der Waals surface area (Å²) in [5.41, 5.74) is 8.62. The number of furan rings is 1. The number of aromatic nitrogens is 3. The highest BCUT2D eigenvalue weighted by Crippen LogP contribution is 2.52. The van der Waals surface area contributed by atoms with E-state index < -0.39 is 0 Å². The van der Waals surface area contributed by atoms with Crippen molar-refractivity contribution >= 4 is 21.9 Å². The zero-order valence-corrected chi connectivity index (χ0v) is 25.9. The molecule has 5 heteroatoms. The average molecular weight is 608 g/mol. The lowest BCUT2D eigenvalue weighted by Gasteiger charge is -2.34. The second-order valence-electron chi connectivity index (χ2n) is 12.5. The molecule has 9 rings (SSSR count). The Balaban J connectivity index is 1.09. The van der Waals surface area contributed by atoms with E-state index in [0.29, 0.717) is 17.5 Å². The first kappa shape index (κ1) is 27.3. The van der Waals surface area contributed by atoms with Crippen LogP contribution in [-0.2, 0) is 5.41 Å². The van der Waals surface area contributed by atoms with Crippen LogP contribution in [0.2, 0.25) is 0 Å². The maximum absolute atomic E-state index is 6.70. The Morgan fingerprint density at radius 1 is 0.468 bits per heavy atom. The number of fused-ring (bicyclic) bond motifs is 6. The summed E-state index contributed by atoms with van der Waals surface area (Å²) in [5.74, 6) is 3.56. The van der Waals surface area contributed by atoms with Crippen molar-refractivity contribution < 1.29 is 9.15 Å². The molecule has 1 aliphatic heterocycles. The Kier molecular flexibility index (Phi) is 6.09. The van der Waals surface area contributed by atoms with Crippen molar-refractivity contribution in [1.29, 1.82) is 0 Å². The van der Waals surface area contributed by atoms with Gasteiger partial charge in [0.25, 0.3) is 0 Å². The Labute approximate surface area is 272 Å². The molecule has 2 aromatic heterocycles. The Hall–Kier alpha value is -6.07. The van der Waals surface area contributed by atoms with Gasteiger partial charge in [-0.15, -0.1) is 0 Å². The summed E-state index contributed by atoms with van der Waals surface area (Å²) in [4.78, 5) is 14.6. The van der Waals surface area contributed by atoms with E-state index >= 15 is 0 Å². The smallest absolute Gasteiger partial charge is 0.178 e. The number of para-hydroxylation sites is 1. The first-order chi connectivity index (χ1) is 23.0. The molecule has 0 amide bonds. The monoisotopic (exact) mass is 607 g/mol. The fourth-order valence-electron chi connectivity index (χ4n) is 6.66. The number of ether oxygens (including phenoxy) is 1. The summed E-state index contributed by atoms with van der Waals surface area (Å²) >= 11 is 0. The summed E-state index contributed by atoms with van der Waals surface area (Å²) < 4.78 is 13.1. The van der Waals surface area contributed by atoms with Gasteiger partial charge in [-0.2, -0.15) is 0 Å². The molecule has 0 unspecified atom stereocenters. The third-order valence-electron chi connectivity index (χ3n) is 9.22. The predicted octanol–water partition coefficient (Wildman–Crippen LogP) is 10.9. The molecular weight excluding hydrogens is 578 g/mol. The molecule has 8 aromatic rings. The standard InChI is InChI=1S/C42H29N3O2/c1-42(2)33-23-21-30(25-36(33)47-38-34(42)24-22-32-31-15-9-10-16-35(31)46-37(32)38)26-17-19-29(20-18-26)41-44-39(27-11-5-3-6-12-27)43-40(45-41)28-13-7-4-8-14-28/h3-25H,1-2H3. The van der Waals surface area contributed by atoms with Crippen molar-refractivity contribution in [2.45, 2.75) is 19.3 Å². The molecular formula is C42H29N3O2. The third kappa shape index (κ3) is 4.50. The highest BCUT2D eigenvalue weighted by molar-refractivity contribution is 6.07. The van der Waals surface area contributed by atoms with Crippen LogP contribution < -0.4 is 4.74 Å². The summed E-state index contributed by atoms with van der Waals surface area (Å²) in [5, 5.41) is 2.16. The molecule has 224 valence electrons. The normalized spacial score (nSPS) is 13.2. The van der Waals surface area contributed by atoms with Gasteiger partial charge in [0.05, 0.1) is 0 Å². The number of benzene rings is 6. The first-order valence-electron chi connectivity index (χ1n) is 15.8. The van der Waals surface area contributed by atoms with E-state index in [-0.39, 0.29) is 5.41 Å². The topological polar surface area (TPSA) is 61.0 Å². The van der Waals surface area contributed by atoms with Gasteiger partial charge in [-0.1, -0.05) is 135 Å². The van der Waals surface area contributed by atoms with Crippen molar-refractivity contribution in [2.75, 3.05) is 0 Å². The summed E-state index contributed by atoms with van der Waals surface area (Å²) in [7, 11) is 0. The SMILES string of the molecule is CC1(C)c2ccc(-c3ccc(-c4nc(-c5ccccc5)nc(-c5ccccc5)n4)cc3)cc2Oc2c1ccc1c2oc2ccccc21. The Morgan fingerprint density at radius 2 is 1.00 bits per heavy atom. The van der Waals surface area contributed by atoms with Gasteiger partial charge in [0.1, 0.15) is 11.3 Å². The van der Waals surface area contributed by atoms with E-state index in [9.17, 15) is 0 Å². The number of rotatable bonds is 4. The molecule has 0 fully saturated rings. The predicted molar refractivity (Wildman–Crippen MR) is 187 cm³/mol. The molecule has 0 spiro atoms. The van der Waals surface area contributed by atoms with E-state index in [1.807, 2.05) is 78.9 Å². The van der Waals surface area contributed by atoms with Crippen LogP contribution in [0.25, 0.3) is 67.2 Å². The molecule has 47 heavy (non-hydrogen) atoms. The maximum Gasteiger partial charge on any atom is 0.178 e. The minimum atomic E-state index is -0.260. The average Bonchev–Trinajstić information content (AvgIpc) is 3.51. The molecule has 0 bridgehead atoms. The van der Waals surface area contributed by atoms with Gasteiger partial charge >= 0.3 is 0 Å². The van der Waals surface area contributed by atoms with Crippen LogP contribution in [0.5, 0.6) is 11.5 Å². The first-order valence-corrected chi connectivity index (χ1v) is 15.8. The Morgan fingerprint density at radius 3 is 1.66 bits per heavy atom. The summed E-state index contributed by atoms with van der Waals surface area (Å²) in [6, 6.07) is 47.4. The van der Waals surface area contributed by atoms with Crippen LogP contribution in [-0.4, -0.2) is 15.0 Å². The van der Waals surface area contributed by atoms with Gasteiger partial charge in [0.15, 0.2) is 28.8 Å². The van der Waals surface area contributed by atoms with E-state index in [1.54, 1.807) is 0 Å². The quantitative estimate of drug-likeness (QED) is 0.199. The fourth-order valence-corrected chi connectivity index (χ4v) is 6.66. The van der Waals surface area contributed by atoms with Crippen LogP contribution >= 0.6 is 0 Å². The second-order valence-corrected chi connectivity index (χ2v) is 12.5. The minimum absolute atomic E-state index is 0.260. The van der Waals surface area contributed by atoms with Crippen molar-refractivity contribution in [3.05, 3.63) is 151 Å². The molecule has 0 saturated heterocycles. The molecule has 0 saturated carbocycles. The van der Waals surface area contributed by atoms with Crippen LogP contribution in [0.1, 0.15) is 25.0 Å². The van der Waals surface area contributed by atoms with Crippen LogP contribution in [0.4, 0.5) is 0 Å². The van der Waals surface area contributed by atoms with Gasteiger partial charge in [0, 0.05) is 44.0 Å². The molecule has 1 aliphatic rings. The van der Waals surface area contributed by atoms with Gasteiger partial charge in [-0.05, 0) is 29.3 Å². The molecule has 0 radical (unpaired) electrons. The van der Waals surface area contributed by atoms with Crippen molar-refractivity contribution in [3.63, 3.8) is 0 Å². The third-order valence-corrected chi connectivity index (χ3v) is 9.22. The summed E-state index contributed by atoms with van der Waals surface area (Å²) in [6.45, 7) is 4.50. The Bertz CT molecular complexity index is 2390. The lowest BCUT2D eigenvalue weighted by Crippen LogP contribution is -2.24. The van der Waals surface area contributed by atoms with Crippen molar-refractivity contribution in [1.82, 2.24) is 15.0 Å². The minimum Gasteiger partial charge on any atom is -0.453 e. The maximum atomic E-state index is 6.70. The molecule has 0 aliphatic carbocycles. The van der Waals surface area contributed by atoms with Gasteiger partial charge in [0.2, 0.25) is 0 Å². The highest BCUT2D eigenvalue weighted by Gasteiger charge is 2.36. The number of hydrogen-bond donors (Lipinski definition) is 0. The molecule has 3 heterocycles. The molecule has 0 atom stereocenters. The van der Waals surface area contributed by atoms with Gasteiger partial charge in [-0.25, -0.2) is 15.0 Å². The lowest BCUT2D eigenvalue weighted by molar-refractivity contribution is 0.415. The molecule has 6 aromatic carbocycles. The highest BCUT2D eigenvalue weighted by atomic mass is 16.5. The number of nitrogens with zero attached hydrogens (tertiary/aromatic N) is 3. The van der Waals surface area contributed by atoms with Crippen LogP contribution in [0.15, 0.2) is 144 Å². The van der Waals surface area contributed by atoms with Gasteiger partial charge in [-0.3, -0.25) is 0 Å². The van der Waals surface area contributed by atoms with E-state index in [2.05, 4.69) is 74.5 Å². The van der Waals surface area contributed by atoms with E-state index in [1.165, 1.54) is 0 Å².